The average Bonchev–Trinajstić information content (AvgIpc) is 2.36. The first-order chi connectivity index (χ1) is 7.87. The minimum atomic E-state index is -0.525. The highest BCUT2D eigenvalue weighted by atomic mass is 16.6. The van der Waals surface area contributed by atoms with Crippen molar-refractivity contribution >= 4 is 12.1 Å². The molecule has 0 aromatic heterocycles. The average molecular weight is 241 g/mol. The maximum absolute atomic E-state index is 11.7. The van der Waals surface area contributed by atoms with E-state index < -0.39 is 11.7 Å². The van der Waals surface area contributed by atoms with Crippen molar-refractivity contribution in [3.05, 3.63) is 0 Å². The van der Waals surface area contributed by atoms with Crippen molar-refractivity contribution in [2.45, 2.75) is 57.8 Å². The first kappa shape index (κ1) is 12.2. The Morgan fingerprint density at radius 1 is 1.41 bits per heavy atom. The molecule has 0 unspecified atom stereocenters. The van der Waals surface area contributed by atoms with Crippen molar-refractivity contribution in [1.29, 1.82) is 0 Å². The number of alkyl carbamates (subject to hydrolysis) is 1. The zero-order chi connectivity index (χ0) is 12.6. The zero-order valence-electron chi connectivity index (χ0n) is 10.5. The summed E-state index contributed by atoms with van der Waals surface area (Å²) in [6.45, 7) is 5.43. The Labute approximate surface area is 101 Å². The molecular weight excluding hydrogens is 222 g/mol. The van der Waals surface area contributed by atoms with Crippen LogP contribution in [-0.4, -0.2) is 29.8 Å². The summed E-state index contributed by atoms with van der Waals surface area (Å²) in [5.41, 5.74) is -0.525. The summed E-state index contributed by atoms with van der Waals surface area (Å²) < 4.78 is 10.4. The lowest BCUT2D eigenvalue weighted by molar-refractivity contribution is -0.143. The Hall–Kier alpha value is -1.26. The molecule has 0 aromatic carbocycles. The van der Waals surface area contributed by atoms with Crippen LogP contribution in [0.5, 0.6) is 0 Å². The first-order valence-corrected chi connectivity index (χ1v) is 6.07. The molecule has 96 valence electrons. The zero-order valence-corrected chi connectivity index (χ0v) is 10.5. The highest BCUT2D eigenvalue weighted by molar-refractivity contribution is 5.78. The molecule has 1 N–H and O–H groups in total. The van der Waals surface area contributed by atoms with Crippen LogP contribution >= 0.6 is 0 Å². The molecule has 2 aliphatic rings. The molecular formula is C12H19NO4. The fourth-order valence-electron chi connectivity index (χ4n) is 2.43. The van der Waals surface area contributed by atoms with Crippen LogP contribution in [0.1, 0.15) is 40.0 Å². The molecule has 1 aliphatic heterocycles. The smallest absolute Gasteiger partial charge is 0.408 e. The van der Waals surface area contributed by atoms with Crippen LogP contribution in [0.4, 0.5) is 4.79 Å². The van der Waals surface area contributed by atoms with Gasteiger partial charge >= 0.3 is 12.1 Å². The van der Waals surface area contributed by atoms with Crippen LogP contribution in [0.25, 0.3) is 0 Å². The molecule has 2 fully saturated rings. The van der Waals surface area contributed by atoms with Crippen LogP contribution < -0.4 is 5.32 Å². The molecule has 0 radical (unpaired) electrons. The lowest BCUT2D eigenvalue weighted by Gasteiger charge is -2.28. The van der Waals surface area contributed by atoms with E-state index in [4.69, 9.17) is 9.47 Å². The van der Waals surface area contributed by atoms with E-state index in [1.54, 1.807) is 0 Å². The summed E-state index contributed by atoms with van der Waals surface area (Å²) in [6.07, 6.45) is 1.94. The van der Waals surface area contributed by atoms with E-state index >= 15 is 0 Å². The van der Waals surface area contributed by atoms with E-state index in [1.807, 2.05) is 20.8 Å². The van der Waals surface area contributed by atoms with E-state index in [-0.39, 0.29) is 24.0 Å². The molecule has 3 atom stereocenters. The quantitative estimate of drug-likeness (QED) is 0.708. The van der Waals surface area contributed by atoms with Crippen molar-refractivity contribution < 1.29 is 19.1 Å². The van der Waals surface area contributed by atoms with E-state index in [1.165, 1.54) is 0 Å². The number of carbonyl (C=O) groups is 2. The van der Waals surface area contributed by atoms with Crippen molar-refractivity contribution in [1.82, 2.24) is 5.32 Å². The molecule has 2 rings (SSSR count). The SMILES string of the molecule is CC(C)(C)OC(=O)N[C@@H]1[C@@H]2CCC[C@@H]1C(=O)O2. The van der Waals surface area contributed by atoms with Gasteiger partial charge in [0.1, 0.15) is 11.7 Å². The Morgan fingerprint density at radius 2 is 2.12 bits per heavy atom. The largest absolute Gasteiger partial charge is 0.460 e. The third kappa shape index (κ3) is 2.70. The fourth-order valence-corrected chi connectivity index (χ4v) is 2.43. The summed E-state index contributed by atoms with van der Waals surface area (Å²) in [4.78, 5) is 23.2. The predicted octanol–water partition coefficient (Wildman–Crippen LogP) is 1.61. The second-order valence-corrected chi connectivity index (χ2v) is 5.68. The second kappa shape index (κ2) is 4.20. The van der Waals surface area contributed by atoms with Gasteiger partial charge in [0.05, 0.1) is 12.0 Å². The van der Waals surface area contributed by atoms with Gasteiger partial charge in [-0.25, -0.2) is 4.79 Å². The summed E-state index contributed by atoms with van der Waals surface area (Å²) in [6, 6.07) is -0.217. The lowest BCUT2D eigenvalue weighted by atomic mass is 9.85. The van der Waals surface area contributed by atoms with Gasteiger partial charge in [0, 0.05) is 0 Å². The molecule has 2 bridgehead atoms. The number of amides is 1. The third-order valence-corrected chi connectivity index (χ3v) is 3.09. The van der Waals surface area contributed by atoms with E-state index in [2.05, 4.69) is 5.32 Å². The van der Waals surface area contributed by atoms with E-state index in [0.717, 1.165) is 19.3 Å². The summed E-state index contributed by atoms with van der Waals surface area (Å²) in [5, 5.41) is 2.76. The van der Waals surface area contributed by atoms with E-state index in [0.29, 0.717) is 0 Å². The maximum Gasteiger partial charge on any atom is 0.408 e. The second-order valence-electron chi connectivity index (χ2n) is 5.68. The molecule has 1 saturated heterocycles. The fraction of sp³-hybridized carbons (Fsp3) is 0.833. The van der Waals surface area contributed by atoms with Gasteiger partial charge in [0.25, 0.3) is 0 Å². The molecule has 17 heavy (non-hydrogen) atoms. The number of nitrogens with one attached hydrogen (secondary N) is 1. The van der Waals surface area contributed by atoms with Gasteiger partial charge < -0.3 is 14.8 Å². The van der Waals surface area contributed by atoms with E-state index in [9.17, 15) is 9.59 Å². The van der Waals surface area contributed by atoms with Gasteiger partial charge in [-0.1, -0.05) is 0 Å². The normalized spacial score (nSPS) is 31.9. The minimum Gasteiger partial charge on any atom is -0.460 e. The number of fused-ring (bicyclic) bond motifs is 2. The monoisotopic (exact) mass is 241 g/mol. The number of ether oxygens (including phenoxy) is 2. The Bertz CT molecular complexity index is 334. The molecule has 0 aromatic rings. The van der Waals surface area contributed by atoms with Crippen molar-refractivity contribution in [2.75, 3.05) is 0 Å². The van der Waals surface area contributed by atoms with Crippen LogP contribution in [0, 0.1) is 5.92 Å². The molecule has 1 aliphatic carbocycles. The molecule has 5 nitrogen and oxygen atoms in total. The Kier molecular flexibility index (Phi) is 3.02. The lowest BCUT2D eigenvalue weighted by Crippen LogP contribution is -2.48. The van der Waals surface area contributed by atoms with Gasteiger partial charge in [-0.2, -0.15) is 0 Å². The van der Waals surface area contributed by atoms with Gasteiger partial charge in [-0.3, -0.25) is 4.79 Å². The van der Waals surface area contributed by atoms with Gasteiger partial charge in [-0.15, -0.1) is 0 Å². The van der Waals surface area contributed by atoms with Crippen molar-refractivity contribution in [3.8, 4) is 0 Å². The highest BCUT2D eigenvalue weighted by Crippen LogP contribution is 2.34. The molecule has 1 saturated carbocycles. The van der Waals surface area contributed by atoms with Crippen LogP contribution in [-0.2, 0) is 14.3 Å². The number of carbonyl (C=O) groups excluding carboxylic acids is 2. The molecule has 1 amide bonds. The standard InChI is InChI=1S/C12H19NO4/c1-12(2,3)17-11(15)13-9-7-5-4-6-8(9)16-10(7)14/h7-9H,4-6H2,1-3H3,(H,13,15)/t7-,8-,9-/m0/s1. The van der Waals surface area contributed by atoms with Gasteiger partial charge in [-0.05, 0) is 40.0 Å². The number of rotatable bonds is 1. The maximum atomic E-state index is 11.7. The Balaban J connectivity index is 1.95. The highest BCUT2D eigenvalue weighted by Gasteiger charge is 2.48. The molecule has 1 heterocycles. The summed E-state index contributed by atoms with van der Waals surface area (Å²) in [7, 11) is 0. The minimum absolute atomic E-state index is 0.172. The van der Waals surface area contributed by atoms with Gasteiger partial charge in [0.2, 0.25) is 0 Å². The predicted molar refractivity (Wildman–Crippen MR) is 60.4 cm³/mol. The number of hydrogen-bond donors (Lipinski definition) is 1. The van der Waals surface area contributed by atoms with Crippen molar-refractivity contribution in [2.24, 2.45) is 5.92 Å². The summed E-state index contributed by atoms with van der Waals surface area (Å²) >= 11 is 0. The van der Waals surface area contributed by atoms with Crippen LogP contribution in [0.2, 0.25) is 0 Å². The summed E-state index contributed by atoms with van der Waals surface area (Å²) in [5.74, 6) is -0.380. The third-order valence-electron chi connectivity index (χ3n) is 3.09. The molecule has 0 spiro atoms. The van der Waals surface area contributed by atoms with Gasteiger partial charge in [0.15, 0.2) is 0 Å². The van der Waals surface area contributed by atoms with Crippen molar-refractivity contribution in [3.63, 3.8) is 0 Å². The van der Waals surface area contributed by atoms with Crippen LogP contribution in [0.3, 0.4) is 0 Å². The topological polar surface area (TPSA) is 64.6 Å². The number of hydrogen-bond acceptors (Lipinski definition) is 4. The molecule has 5 heteroatoms. The van der Waals surface area contributed by atoms with Crippen LogP contribution in [0.15, 0.2) is 0 Å². The Morgan fingerprint density at radius 3 is 2.71 bits per heavy atom. The number of esters is 1. The first-order valence-electron chi connectivity index (χ1n) is 6.07.